The zero-order valence-corrected chi connectivity index (χ0v) is 19.0. The lowest BCUT2D eigenvalue weighted by atomic mass is 10.0. The topological polar surface area (TPSA) is 62.2 Å². The highest BCUT2D eigenvalue weighted by Gasteiger charge is 2.42. The van der Waals surface area contributed by atoms with Crippen molar-refractivity contribution in [2.24, 2.45) is 0 Å². The van der Waals surface area contributed by atoms with Gasteiger partial charge in [-0.2, -0.15) is 0 Å². The lowest BCUT2D eigenvalue weighted by Crippen LogP contribution is -2.37. The first kappa shape index (κ1) is 21.8. The summed E-state index contributed by atoms with van der Waals surface area (Å²) in [7, 11) is 0. The molecule has 1 aliphatic heterocycles. The number of pyridine rings is 1. The molecule has 6 nitrogen and oxygen atoms in total. The second-order valence-electron chi connectivity index (χ2n) is 7.95. The maximum absolute atomic E-state index is 13.6. The van der Waals surface area contributed by atoms with Crippen LogP contribution in [-0.2, 0) is 4.79 Å². The van der Waals surface area contributed by atoms with Crippen LogP contribution in [0.3, 0.4) is 0 Å². The van der Waals surface area contributed by atoms with Crippen molar-refractivity contribution in [3.05, 3.63) is 115 Å². The molecule has 0 unspecified atom stereocenters. The molecule has 0 spiro atoms. The molecule has 8 heteroatoms. The summed E-state index contributed by atoms with van der Waals surface area (Å²) in [5.41, 5.74) is 3.25. The minimum absolute atomic E-state index is 0.0589. The lowest BCUT2D eigenvalue weighted by molar-refractivity contribution is -0.116. The van der Waals surface area contributed by atoms with Crippen molar-refractivity contribution in [3.8, 4) is 5.69 Å². The maximum Gasteiger partial charge on any atom is 0.244 e. The van der Waals surface area contributed by atoms with Crippen LogP contribution >= 0.6 is 12.2 Å². The van der Waals surface area contributed by atoms with Crippen LogP contribution < -0.4 is 10.6 Å². The van der Waals surface area contributed by atoms with Crippen LogP contribution in [0.5, 0.6) is 0 Å². The van der Waals surface area contributed by atoms with Gasteiger partial charge in [-0.1, -0.05) is 24.3 Å². The number of nitrogens with one attached hydrogen (secondary N) is 2. The monoisotopic (exact) mass is 471 g/mol. The molecule has 0 aliphatic carbocycles. The van der Waals surface area contributed by atoms with Gasteiger partial charge in [-0.15, -0.1) is 0 Å². The van der Waals surface area contributed by atoms with Gasteiger partial charge in [0.05, 0.1) is 17.8 Å². The van der Waals surface area contributed by atoms with Crippen LogP contribution in [0.25, 0.3) is 5.69 Å². The molecular weight excluding hydrogens is 449 g/mol. The van der Waals surface area contributed by atoms with Crippen molar-refractivity contribution in [1.82, 2.24) is 19.8 Å². The van der Waals surface area contributed by atoms with Crippen molar-refractivity contribution in [3.63, 3.8) is 0 Å². The number of anilines is 1. The standard InChI is InChI=1S/C26H22FN5OS/c27-18-11-13-20(14-12-18)31-16-6-10-22(31)25-24(21-9-4-5-15-28-21)30-26(34)32(25)17-23(33)29-19-7-2-1-3-8-19/h1-16,24-25H,17H2,(H,29,33)(H,30,34)/t24-,25+/m1/s1. The number of thiocarbonyl (C=S) groups is 1. The van der Waals surface area contributed by atoms with Crippen molar-refractivity contribution in [2.75, 3.05) is 11.9 Å². The van der Waals surface area contributed by atoms with Gasteiger partial charge in [0.2, 0.25) is 5.91 Å². The van der Waals surface area contributed by atoms with Crippen LogP contribution in [0, 0.1) is 5.82 Å². The smallest absolute Gasteiger partial charge is 0.244 e. The Morgan fingerprint density at radius 3 is 2.50 bits per heavy atom. The van der Waals surface area contributed by atoms with Gasteiger partial charge < -0.3 is 20.1 Å². The number of carbonyl (C=O) groups excluding carboxylic acids is 1. The molecule has 34 heavy (non-hydrogen) atoms. The van der Waals surface area contributed by atoms with Gasteiger partial charge in [-0.3, -0.25) is 9.78 Å². The number of hydrogen-bond donors (Lipinski definition) is 2. The van der Waals surface area contributed by atoms with E-state index in [-0.39, 0.29) is 30.4 Å². The molecule has 2 atom stereocenters. The van der Waals surface area contributed by atoms with Crippen molar-refractivity contribution in [1.29, 1.82) is 0 Å². The number of para-hydroxylation sites is 1. The van der Waals surface area contributed by atoms with Crippen LogP contribution in [0.1, 0.15) is 23.5 Å². The van der Waals surface area contributed by atoms with Gasteiger partial charge >= 0.3 is 0 Å². The van der Waals surface area contributed by atoms with Crippen molar-refractivity contribution >= 4 is 28.9 Å². The van der Waals surface area contributed by atoms with Crippen LogP contribution in [-0.4, -0.2) is 32.0 Å². The van der Waals surface area contributed by atoms with E-state index in [2.05, 4.69) is 15.6 Å². The Labute approximate surface area is 202 Å². The largest absolute Gasteiger partial charge is 0.352 e. The summed E-state index contributed by atoms with van der Waals surface area (Å²) < 4.78 is 15.5. The molecular formula is C26H22FN5OS. The Morgan fingerprint density at radius 1 is 1.00 bits per heavy atom. The Morgan fingerprint density at radius 2 is 1.76 bits per heavy atom. The van der Waals surface area contributed by atoms with Gasteiger partial charge in [0.25, 0.3) is 0 Å². The number of nitrogens with zero attached hydrogens (tertiary/aromatic N) is 3. The van der Waals surface area contributed by atoms with Gasteiger partial charge in [-0.25, -0.2) is 4.39 Å². The molecule has 2 aromatic carbocycles. The average Bonchev–Trinajstić information content (AvgIpc) is 3.45. The number of hydrogen-bond acceptors (Lipinski definition) is 3. The summed E-state index contributed by atoms with van der Waals surface area (Å²) in [6.07, 6.45) is 3.66. The highest BCUT2D eigenvalue weighted by molar-refractivity contribution is 7.80. The number of aromatic nitrogens is 2. The van der Waals surface area contributed by atoms with E-state index in [4.69, 9.17) is 12.2 Å². The fraction of sp³-hybridized carbons (Fsp3) is 0.115. The van der Waals surface area contributed by atoms with Crippen LogP contribution in [0.15, 0.2) is 97.3 Å². The maximum atomic E-state index is 13.6. The summed E-state index contributed by atoms with van der Waals surface area (Å²) >= 11 is 5.68. The predicted molar refractivity (Wildman–Crippen MR) is 133 cm³/mol. The summed E-state index contributed by atoms with van der Waals surface area (Å²) in [5, 5.41) is 6.76. The molecule has 0 radical (unpaired) electrons. The molecule has 0 saturated carbocycles. The Kier molecular flexibility index (Phi) is 6.05. The van der Waals surface area contributed by atoms with Crippen molar-refractivity contribution in [2.45, 2.75) is 12.1 Å². The Balaban J connectivity index is 1.51. The molecule has 1 saturated heterocycles. The third kappa shape index (κ3) is 4.40. The van der Waals surface area contributed by atoms with E-state index < -0.39 is 0 Å². The molecule has 0 bridgehead atoms. The van der Waals surface area contributed by atoms with Gasteiger partial charge in [-0.05, 0) is 72.9 Å². The molecule has 1 aliphatic rings. The molecule has 170 valence electrons. The summed E-state index contributed by atoms with van der Waals surface area (Å²) in [4.78, 5) is 19.4. The van der Waals surface area contributed by atoms with E-state index >= 15 is 0 Å². The first-order valence-electron chi connectivity index (χ1n) is 10.9. The third-order valence-corrected chi connectivity index (χ3v) is 6.11. The first-order valence-corrected chi connectivity index (χ1v) is 11.3. The highest BCUT2D eigenvalue weighted by Crippen LogP contribution is 2.39. The number of halogens is 1. The fourth-order valence-corrected chi connectivity index (χ4v) is 4.55. The molecule has 5 rings (SSSR count). The molecule has 3 heterocycles. The van der Waals surface area contributed by atoms with Crippen LogP contribution in [0.4, 0.5) is 10.1 Å². The Hall–Kier alpha value is -4.04. The quantitative estimate of drug-likeness (QED) is 0.402. The van der Waals surface area contributed by atoms with E-state index in [0.717, 1.165) is 22.8 Å². The third-order valence-electron chi connectivity index (χ3n) is 5.76. The average molecular weight is 472 g/mol. The van der Waals surface area contributed by atoms with Gasteiger partial charge in [0.15, 0.2) is 5.11 Å². The molecule has 4 aromatic rings. The second kappa shape index (κ2) is 9.44. The molecule has 2 aromatic heterocycles. The van der Waals surface area contributed by atoms with E-state index in [0.29, 0.717) is 5.11 Å². The van der Waals surface area contributed by atoms with E-state index in [1.54, 1.807) is 18.3 Å². The summed E-state index contributed by atoms with van der Waals surface area (Å²) in [6.45, 7) is 0.0589. The summed E-state index contributed by atoms with van der Waals surface area (Å²) in [6, 6.07) is 24.7. The Bertz CT molecular complexity index is 1290. The first-order chi connectivity index (χ1) is 16.6. The zero-order valence-electron chi connectivity index (χ0n) is 18.1. The number of benzene rings is 2. The molecule has 2 N–H and O–H groups in total. The van der Waals surface area contributed by atoms with Crippen LogP contribution in [0.2, 0.25) is 0 Å². The predicted octanol–water partition coefficient (Wildman–Crippen LogP) is 4.62. The van der Waals surface area contributed by atoms with E-state index in [1.165, 1.54) is 12.1 Å². The minimum atomic E-state index is -0.316. The number of amides is 1. The van der Waals surface area contributed by atoms with E-state index in [1.807, 2.05) is 76.3 Å². The summed E-state index contributed by atoms with van der Waals surface area (Å²) in [5.74, 6) is -0.478. The van der Waals surface area contributed by atoms with Crippen molar-refractivity contribution < 1.29 is 9.18 Å². The fourth-order valence-electron chi connectivity index (χ4n) is 4.25. The van der Waals surface area contributed by atoms with E-state index in [9.17, 15) is 9.18 Å². The number of rotatable bonds is 6. The molecule has 1 amide bonds. The highest BCUT2D eigenvalue weighted by atomic mass is 32.1. The SMILES string of the molecule is O=C(CN1C(=S)N[C@H](c2ccccn2)[C@@H]1c1cccn1-c1ccc(F)cc1)Nc1ccccc1. The number of carbonyl (C=O) groups is 1. The van der Waals surface area contributed by atoms with Gasteiger partial charge in [0, 0.05) is 29.5 Å². The minimum Gasteiger partial charge on any atom is -0.352 e. The zero-order chi connectivity index (χ0) is 23.5. The second-order valence-corrected chi connectivity index (χ2v) is 8.33. The van der Waals surface area contributed by atoms with Gasteiger partial charge in [0.1, 0.15) is 12.4 Å². The normalized spacial score (nSPS) is 17.4. The molecule has 1 fully saturated rings. The lowest BCUT2D eigenvalue weighted by Gasteiger charge is -2.28.